The molecule has 0 unspecified atom stereocenters. The monoisotopic (exact) mass is 275 g/mol. The van der Waals surface area contributed by atoms with Crippen molar-refractivity contribution in [2.45, 2.75) is 6.54 Å². The van der Waals surface area contributed by atoms with Crippen LogP contribution in [0.2, 0.25) is 0 Å². The summed E-state index contributed by atoms with van der Waals surface area (Å²) < 4.78 is 38.7. The van der Waals surface area contributed by atoms with Crippen molar-refractivity contribution in [1.82, 2.24) is 4.31 Å². The molecule has 0 aromatic heterocycles. The second-order valence-electron chi connectivity index (χ2n) is 3.85. The van der Waals surface area contributed by atoms with E-state index in [0.29, 0.717) is 17.9 Å². The topological polar surface area (TPSA) is 37.4 Å². The fourth-order valence-corrected chi connectivity index (χ4v) is 4.64. The lowest BCUT2D eigenvalue weighted by Crippen LogP contribution is -2.33. The van der Waals surface area contributed by atoms with E-state index in [4.69, 9.17) is 0 Å². The van der Waals surface area contributed by atoms with Gasteiger partial charge in [-0.05, 0) is 6.07 Å². The van der Waals surface area contributed by atoms with Gasteiger partial charge in [-0.15, -0.1) is 0 Å². The van der Waals surface area contributed by atoms with Gasteiger partial charge in [-0.2, -0.15) is 16.1 Å². The molecule has 0 radical (unpaired) electrons. The van der Waals surface area contributed by atoms with Crippen molar-refractivity contribution in [3.05, 3.63) is 35.6 Å². The van der Waals surface area contributed by atoms with Gasteiger partial charge in [0.25, 0.3) is 0 Å². The van der Waals surface area contributed by atoms with E-state index in [0.717, 1.165) is 5.75 Å². The van der Waals surface area contributed by atoms with Gasteiger partial charge < -0.3 is 0 Å². The Labute approximate surface area is 105 Å². The maximum absolute atomic E-state index is 13.5. The lowest BCUT2D eigenvalue weighted by Gasteiger charge is -2.19. The summed E-state index contributed by atoms with van der Waals surface area (Å²) in [7, 11) is -3.23. The van der Waals surface area contributed by atoms with Crippen LogP contribution < -0.4 is 0 Å². The van der Waals surface area contributed by atoms with Crippen molar-refractivity contribution in [1.29, 1.82) is 0 Å². The standard InChI is InChI=1S/C11H14FNO2S2/c12-11-4-2-1-3-10(11)9-13-5-6-16-7-8-17(13,14)15/h1-4H,5-9H2. The van der Waals surface area contributed by atoms with Crippen LogP contribution >= 0.6 is 11.8 Å². The molecular weight excluding hydrogens is 261 g/mol. The molecule has 1 heterocycles. The normalized spacial score (nSPS) is 21.0. The predicted octanol–water partition coefficient (Wildman–Crippen LogP) is 1.70. The third kappa shape index (κ3) is 3.20. The van der Waals surface area contributed by atoms with Crippen LogP contribution in [0.25, 0.3) is 0 Å². The maximum atomic E-state index is 13.5. The van der Waals surface area contributed by atoms with Crippen molar-refractivity contribution in [2.75, 3.05) is 23.8 Å². The van der Waals surface area contributed by atoms with Crippen LogP contribution in [-0.4, -0.2) is 36.5 Å². The molecule has 0 atom stereocenters. The van der Waals surface area contributed by atoms with E-state index in [1.54, 1.807) is 30.0 Å². The Morgan fingerprint density at radius 3 is 2.82 bits per heavy atom. The highest BCUT2D eigenvalue weighted by Crippen LogP contribution is 2.18. The molecule has 0 N–H and O–H groups in total. The van der Waals surface area contributed by atoms with Gasteiger partial charge in [-0.25, -0.2) is 12.8 Å². The van der Waals surface area contributed by atoms with E-state index in [1.165, 1.54) is 10.4 Å². The highest BCUT2D eigenvalue weighted by molar-refractivity contribution is 8.00. The van der Waals surface area contributed by atoms with E-state index in [2.05, 4.69) is 0 Å². The lowest BCUT2D eigenvalue weighted by molar-refractivity contribution is 0.420. The number of sulfonamides is 1. The van der Waals surface area contributed by atoms with E-state index >= 15 is 0 Å². The third-order valence-electron chi connectivity index (χ3n) is 2.67. The zero-order valence-electron chi connectivity index (χ0n) is 9.30. The Morgan fingerprint density at radius 2 is 2.06 bits per heavy atom. The summed E-state index contributed by atoms with van der Waals surface area (Å²) in [6, 6.07) is 6.31. The summed E-state index contributed by atoms with van der Waals surface area (Å²) in [6.07, 6.45) is 0. The predicted molar refractivity (Wildman–Crippen MR) is 67.9 cm³/mol. The summed E-state index contributed by atoms with van der Waals surface area (Å²) >= 11 is 1.62. The number of halogens is 1. The zero-order chi connectivity index (χ0) is 12.3. The first-order valence-electron chi connectivity index (χ1n) is 5.38. The van der Waals surface area contributed by atoms with Gasteiger partial charge in [0.2, 0.25) is 10.0 Å². The van der Waals surface area contributed by atoms with Gasteiger partial charge in [-0.1, -0.05) is 18.2 Å². The highest BCUT2D eigenvalue weighted by Gasteiger charge is 2.25. The molecule has 0 aliphatic carbocycles. The molecule has 1 aromatic rings. The summed E-state index contributed by atoms with van der Waals surface area (Å²) in [6.45, 7) is 0.594. The average molecular weight is 275 g/mol. The van der Waals surface area contributed by atoms with Crippen LogP contribution in [0.5, 0.6) is 0 Å². The fourth-order valence-electron chi connectivity index (χ4n) is 1.69. The molecule has 1 aromatic carbocycles. The Kier molecular flexibility index (Phi) is 4.06. The largest absolute Gasteiger partial charge is 0.215 e. The van der Waals surface area contributed by atoms with E-state index in [-0.39, 0.29) is 18.1 Å². The lowest BCUT2D eigenvalue weighted by atomic mass is 10.2. The molecule has 1 aliphatic heterocycles. The maximum Gasteiger partial charge on any atom is 0.215 e. The first kappa shape index (κ1) is 12.9. The van der Waals surface area contributed by atoms with Crippen LogP contribution in [0.3, 0.4) is 0 Å². The quantitative estimate of drug-likeness (QED) is 0.824. The average Bonchev–Trinajstić information content (AvgIpc) is 2.44. The molecule has 17 heavy (non-hydrogen) atoms. The Balaban J connectivity index is 2.19. The summed E-state index contributed by atoms with van der Waals surface area (Å²) in [5, 5.41) is 0. The van der Waals surface area contributed by atoms with Gasteiger partial charge in [0.15, 0.2) is 0 Å². The van der Waals surface area contributed by atoms with Gasteiger partial charge in [0.1, 0.15) is 5.82 Å². The Morgan fingerprint density at radius 1 is 1.29 bits per heavy atom. The van der Waals surface area contributed by atoms with Gasteiger partial charge >= 0.3 is 0 Å². The first-order valence-corrected chi connectivity index (χ1v) is 8.15. The minimum absolute atomic E-state index is 0.134. The molecule has 0 bridgehead atoms. The van der Waals surface area contributed by atoms with Crippen molar-refractivity contribution >= 4 is 21.8 Å². The Bertz CT molecular complexity index is 490. The summed E-state index contributed by atoms with van der Waals surface area (Å²) in [5.41, 5.74) is 0.433. The minimum atomic E-state index is -3.23. The fraction of sp³-hybridized carbons (Fsp3) is 0.455. The van der Waals surface area contributed by atoms with Crippen molar-refractivity contribution in [3.8, 4) is 0 Å². The molecule has 1 fully saturated rings. The van der Waals surface area contributed by atoms with Crippen LogP contribution in [0.15, 0.2) is 24.3 Å². The Hall–Kier alpha value is -0.590. The second-order valence-corrected chi connectivity index (χ2v) is 7.17. The first-order chi connectivity index (χ1) is 8.09. The van der Waals surface area contributed by atoms with Crippen LogP contribution in [-0.2, 0) is 16.6 Å². The van der Waals surface area contributed by atoms with Crippen LogP contribution in [0, 0.1) is 5.82 Å². The molecule has 94 valence electrons. The van der Waals surface area contributed by atoms with E-state index in [1.807, 2.05) is 0 Å². The number of benzene rings is 1. The van der Waals surface area contributed by atoms with Gasteiger partial charge in [0.05, 0.1) is 5.75 Å². The van der Waals surface area contributed by atoms with E-state index in [9.17, 15) is 12.8 Å². The SMILES string of the molecule is O=S1(=O)CCSCCN1Cc1ccccc1F. The molecule has 1 aliphatic rings. The summed E-state index contributed by atoms with van der Waals surface area (Å²) in [4.78, 5) is 0. The molecule has 0 spiro atoms. The van der Waals surface area contributed by atoms with E-state index < -0.39 is 10.0 Å². The second kappa shape index (κ2) is 5.37. The molecule has 0 saturated carbocycles. The van der Waals surface area contributed by atoms with Gasteiger partial charge in [0, 0.05) is 30.2 Å². The smallest absolute Gasteiger partial charge is 0.212 e. The number of thioether (sulfide) groups is 1. The molecule has 0 amide bonds. The summed E-state index contributed by atoms with van der Waals surface area (Å²) in [5.74, 6) is 1.19. The molecular formula is C11H14FNO2S2. The number of nitrogens with zero attached hydrogens (tertiary/aromatic N) is 1. The minimum Gasteiger partial charge on any atom is -0.212 e. The number of hydrogen-bond acceptors (Lipinski definition) is 3. The highest BCUT2D eigenvalue weighted by atomic mass is 32.2. The van der Waals surface area contributed by atoms with Crippen LogP contribution in [0.4, 0.5) is 4.39 Å². The number of hydrogen-bond donors (Lipinski definition) is 0. The van der Waals surface area contributed by atoms with Crippen molar-refractivity contribution in [2.24, 2.45) is 0 Å². The van der Waals surface area contributed by atoms with Gasteiger partial charge in [-0.3, -0.25) is 0 Å². The zero-order valence-corrected chi connectivity index (χ0v) is 10.9. The van der Waals surface area contributed by atoms with Crippen molar-refractivity contribution in [3.63, 3.8) is 0 Å². The molecule has 6 heteroatoms. The molecule has 2 rings (SSSR count). The molecule has 1 saturated heterocycles. The third-order valence-corrected chi connectivity index (χ3v) is 5.71. The van der Waals surface area contributed by atoms with Crippen molar-refractivity contribution < 1.29 is 12.8 Å². The van der Waals surface area contributed by atoms with Crippen LogP contribution in [0.1, 0.15) is 5.56 Å². The number of rotatable bonds is 2. The molecule has 3 nitrogen and oxygen atoms in total.